The van der Waals surface area contributed by atoms with Crippen molar-refractivity contribution in [2.24, 2.45) is 0 Å². The molecule has 0 bridgehead atoms. The van der Waals surface area contributed by atoms with E-state index in [2.05, 4.69) is 42.7 Å². The number of carboxylic acid groups (broad SMARTS) is 4. The first kappa shape index (κ1) is 33.1. The number of nitrogens with zero attached hydrogens (tertiary/aromatic N) is 3. The number of nitrogens with one attached hydrogen (secondary N) is 1. The minimum Gasteiger partial charge on any atom is -0.508 e. The van der Waals surface area contributed by atoms with Gasteiger partial charge < -0.3 is 30.5 Å². The Morgan fingerprint density at radius 2 is 1.38 bits per heavy atom. The number of fused-ring (bicyclic) bond motifs is 3. The van der Waals surface area contributed by atoms with Crippen LogP contribution in [0.5, 0.6) is 5.75 Å². The number of pyridine rings is 1. The Bertz CT molecular complexity index is 1330. The van der Waals surface area contributed by atoms with Crippen molar-refractivity contribution in [3.63, 3.8) is 0 Å². The summed E-state index contributed by atoms with van der Waals surface area (Å²) in [6.07, 6.45) is 5.20. The Kier molecular flexibility index (Phi) is 13.4. The number of aromatic hydroxyl groups is 1. The van der Waals surface area contributed by atoms with Crippen LogP contribution in [0.15, 0.2) is 48.7 Å². The number of H-pyrrole nitrogens is 1. The summed E-state index contributed by atoms with van der Waals surface area (Å²) in [4.78, 5) is 46.5. The summed E-state index contributed by atoms with van der Waals surface area (Å²) < 4.78 is 0. The molecular weight excluding hydrogens is 524 g/mol. The van der Waals surface area contributed by atoms with Crippen molar-refractivity contribution < 1.29 is 44.7 Å². The molecule has 0 saturated heterocycles. The van der Waals surface area contributed by atoms with Crippen LogP contribution in [0.1, 0.15) is 32.8 Å². The van der Waals surface area contributed by atoms with Gasteiger partial charge in [0.05, 0.1) is 10.9 Å². The molecule has 13 nitrogen and oxygen atoms in total. The minimum atomic E-state index is -1.26. The SMILES string of the molecule is CCCN(c1ncc(C)c2[nH]c3ccc(O)cc3c12)N(CC)CC.O=C(O)/C=C\C(=O)O.O=C(O)/C=C\C(=O)O. The van der Waals surface area contributed by atoms with E-state index >= 15 is 0 Å². The van der Waals surface area contributed by atoms with E-state index in [0.29, 0.717) is 24.3 Å². The molecule has 216 valence electrons. The van der Waals surface area contributed by atoms with Crippen LogP contribution in [0, 0.1) is 6.92 Å². The van der Waals surface area contributed by atoms with Crippen LogP contribution >= 0.6 is 0 Å². The largest absolute Gasteiger partial charge is 0.508 e. The number of hydrogen-bond donors (Lipinski definition) is 6. The van der Waals surface area contributed by atoms with Crippen molar-refractivity contribution in [3.05, 3.63) is 54.3 Å². The number of phenolic OH excluding ortho intramolecular Hbond substituents is 1. The summed E-state index contributed by atoms with van der Waals surface area (Å²) in [6.45, 7) is 11.4. The lowest BCUT2D eigenvalue weighted by Gasteiger charge is -2.34. The summed E-state index contributed by atoms with van der Waals surface area (Å²) >= 11 is 0. The predicted molar refractivity (Wildman–Crippen MR) is 149 cm³/mol. The molecule has 0 unspecified atom stereocenters. The summed E-state index contributed by atoms with van der Waals surface area (Å²) in [5.41, 5.74) is 3.23. The van der Waals surface area contributed by atoms with Gasteiger partial charge >= 0.3 is 23.9 Å². The number of aryl methyl sites for hydroxylation is 1. The number of carboxylic acids is 4. The highest BCUT2D eigenvalue weighted by Crippen LogP contribution is 2.36. The molecule has 0 amide bonds. The normalized spacial score (nSPS) is 10.8. The fourth-order valence-electron chi connectivity index (χ4n) is 3.63. The number of aliphatic carboxylic acids is 4. The Labute approximate surface area is 230 Å². The van der Waals surface area contributed by atoms with Gasteiger partial charge in [-0.3, -0.25) is 5.01 Å². The zero-order chi connectivity index (χ0) is 30.4. The molecule has 2 heterocycles. The molecule has 0 aliphatic heterocycles. The van der Waals surface area contributed by atoms with Gasteiger partial charge in [-0.2, -0.15) is 0 Å². The topological polar surface area (TPSA) is 205 Å². The summed E-state index contributed by atoms with van der Waals surface area (Å²) in [5, 5.41) is 47.9. The fourth-order valence-corrected chi connectivity index (χ4v) is 3.63. The smallest absolute Gasteiger partial charge is 0.328 e. The number of aromatic amines is 1. The molecule has 3 aromatic rings. The van der Waals surface area contributed by atoms with Gasteiger partial charge in [-0.1, -0.05) is 20.8 Å². The monoisotopic (exact) mass is 558 g/mol. The fraction of sp³-hybridized carbons (Fsp3) is 0.296. The van der Waals surface area contributed by atoms with Crippen molar-refractivity contribution in [3.8, 4) is 5.75 Å². The summed E-state index contributed by atoms with van der Waals surface area (Å²) in [5.74, 6) is -3.79. The second kappa shape index (κ2) is 16.1. The van der Waals surface area contributed by atoms with Crippen LogP contribution < -0.4 is 5.01 Å². The van der Waals surface area contributed by atoms with E-state index < -0.39 is 23.9 Å². The van der Waals surface area contributed by atoms with E-state index in [1.807, 2.05) is 18.3 Å². The van der Waals surface area contributed by atoms with Gasteiger partial charge in [0.25, 0.3) is 0 Å². The van der Waals surface area contributed by atoms with Crippen molar-refractivity contribution in [1.29, 1.82) is 0 Å². The Balaban J connectivity index is 0.000000412. The van der Waals surface area contributed by atoms with Gasteiger partial charge in [-0.25, -0.2) is 29.2 Å². The lowest BCUT2D eigenvalue weighted by atomic mass is 10.1. The van der Waals surface area contributed by atoms with Crippen molar-refractivity contribution in [1.82, 2.24) is 15.0 Å². The first-order chi connectivity index (χ1) is 18.9. The maximum Gasteiger partial charge on any atom is 0.328 e. The summed E-state index contributed by atoms with van der Waals surface area (Å²) in [6, 6.07) is 5.47. The van der Waals surface area contributed by atoms with E-state index in [1.165, 1.54) is 0 Å². The zero-order valence-corrected chi connectivity index (χ0v) is 22.7. The van der Waals surface area contributed by atoms with Gasteiger partial charge in [0.15, 0.2) is 5.82 Å². The number of anilines is 1. The lowest BCUT2D eigenvalue weighted by molar-refractivity contribution is -0.134. The third-order valence-corrected chi connectivity index (χ3v) is 5.27. The first-order valence-electron chi connectivity index (χ1n) is 12.3. The number of rotatable bonds is 10. The van der Waals surface area contributed by atoms with Crippen LogP contribution in [0.4, 0.5) is 5.82 Å². The molecule has 40 heavy (non-hydrogen) atoms. The predicted octanol–water partition coefficient (Wildman–Crippen LogP) is 3.63. The van der Waals surface area contributed by atoms with Crippen molar-refractivity contribution in [2.45, 2.75) is 34.1 Å². The average molecular weight is 559 g/mol. The highest BCUT2D eigenvalue weighted by molar-refractivity contribution is 6.13. The molecule has 0 fully saturated rings. The maximum absolute atomic E-state index is 9.95. The molecule has 1 aromatic carbocycles. The average Bonchev–Trinajstić information content (AvgIpc) is 3.27. The van der Waals surface area contributed by atoms with Gasteiger partial charge in [0, 0.05) is 61.0 Å². The molecule has 6 N–H and O–H groups in total. The van der Waals surface area contributed by atoms with E-state index in [-0.39, 0.29) is 5.75 Å². The third-order valence-electron chi connectivity index (χ3n) is 5.27. The highest BCUT2D eigenvalue weighted by atomic mass is 16.4. The number of benzene rings is 1. The molecule has 0 saturated carbocycles. The number of carbonyl (C=O) groups is 4. The van der Waals surface area contributed by atoms with Crippen LogP contribution in [0.3, 0.4) is 0 Å². The quantitative estimate of drug-likeness (QED) is 0.156. The van der Waals surface area contributed by atoms with E-state index in [1.54, 1.807) is 6.07 Å². The van der Waals surface area contributed by atoms with Crippen molar-refractivity contribution >= 4 is 51.5 Å². The van der Waals surface area contributed by atoms with Crippen LogP contribution in [0.2, 0.25) is 0 Å². The van der Waals surface area contributed by atoms with Gasteiger partial charge in [0.1, 0.15) is 5.75 Å². The van der Waals surface area contributed by atoms with Crippen LogP contribution in [-0.2, 0) is 19.2 Å². The molecule has 3 rings (SSSR count). The lowest BCUT2D eigenvalue weighted by Crippen LogP contribution is -2.43. The molecule has 0 spiro atoms. The van der Waals surface area contributed by atoms with E-state index in [0.717, 1.165) is 59.2 Å². The van der Waals surface area contributed by atoms with E-state index in [4.69, 9.17) is 25.4 Å². The Hall–Kier alpha value is -4.91. The molecule has 0 aliphatic rings. The standard InChI is InChI=1S/C19H26N4O.2C4H4O4/c1-5-10-23(22(6-2)7-3)19-17-15-11-14(24)8-9-16(15)21-18(17)13(4)12-20-19;2*5-3(6)1-2-4(7)8/h8-9,11-12,21,24H,5-7,10H2,1-4H3;2*1-2H,(H,5,6)(H,7,8)/b;2*2-1-. The van der Waals surface area contributed by atoms with Gasteiger partial charge in [-0.15, -0.1) is 0 Å². The zero-order valence-electron chi connectivity index (χ0n) is 22.7. The van der Waals surface area contributed by atoms with Crippen LogP contribution in [0.25, 0.3) is 21.8 Å². The van der Waals surface area contributed by atoms with E-state index in [9.17, 15) is 24.3 Å². The number of aromatic nitrogens is 2. The second-order valence-corrected chi connectivity index (χ2v) is 8.15. The highest BCUT2D eigenvalue weighted by Gasteiger charge is 2.20. The Morgan fingerprint density at radius 3 is 1.80 bits per heavy atom. The maximum atomic E-state index is 9.95. The number of hydrogen-bond acceptors (Lipinski definition) is 8. The van der Waals surface area contributed by atoms with Crippen LogP contribution in [-0.4, -0.2) is 84.0 Å². The molecule has 0 atom stereocenters. The van der Waals surface area contributed by atoms with Crippen molar-refractivity contribution in [2.75, 3.05) is 24.6 Å². The minimum absolute atomic E-state index is 0.278. The van der Waals surface area contributed by atoms with Gasteiger partial charge in [-0.05, 0) is 37.1 Å². The molecule has 2 aromatic heterocycles. The molecular formula is C27H34N4O9. The number of hydrazine groups is 1. The first-order valence-corrected chi connectivity index (χ1v) is 12.3. The molecule has 0 aliphatic carbocycles. The Morgan fingerprint density at radius 1 is 0.875 bits per heavy atom. The number of phenols is 1. The summed E-state index contributed by atoms with van der Waals surface area (Å²) in [7, 11) is 0. The molecule has 13 heteroatoms. The third kappa shape index (κ3) is 10.1. The van der Waals surface area contributed by atoms with Gasteiger partial charge in [0.2, 0.25) is 0 Å². The second-order valence-electron chi connectivity index (χ2n) is 8.15. The molecule has 0 radical (unpaired) electrons.